The fourth-order valence-electron chi connectivity index (χ4n) is 1.51. The van der Waals surface area contributed by atoms with E-state index < -0.39 is 0 Å². The molecule has 0 amide bonds. The molecule has 86 valence electrons. The van der Waals surface area contributed by atoms with Gasteiger partial charge in [0.1, 0.15) is 0 Å². The minimum Gasteiger partial charge on any atom is -0.304 e. The Kier molecular flexibility index (Phi) is 3.74. The lowest BCUT2D eigenvalue weighted by Crippen LogP contribution is -2.16. The second-order valence-electron chi connectivity index (χ2n) is 3.91. The molecule has 2 rings (SSSR count). The van der Waals surface area contributed by atoms with Gasteiger partial charge >= 0.3 is 0 Å². The Labute approximate surface area is 104 Å². The van der Waals surface area contributed by atoms with Crippen LogP contribution in [-0.4, -0.2) is 4.98 Å². The van der Waals surface area contributed by atoms with Crippen LogP contribution in [0.5, 0.6) is 0 Å². The van der Waals surface area contributed by atoms with Gasteiger partial charge in [-0.15, -0.1) is 22.7 Å². The van der Waals surface area contributed by atoms with Crippen molar-refractivity contribution in [2.75, 3.05) is 0 Å². The Morgan fingerprint density at radius 2 is 2.25 bits per heavy atom. The molecule has 1 N–H and O–H groups in total. The molecular formula is C12H16N2S2. The lowest BCUT2D eigenvalue weighted by atomic mass is 10.2. The van der Waals surface area contributed by atoms with Crippen LogP contribution in [0.2, 0.25) is 0 Å². The predicted molar refractivity (Wildman–Crippen MR) is 71.2 cm³/mol. The molecule has 0 radical (unpaired) electrons. The summed E-state index contributed by atoms with van der Waals surface area (Å²) in [7, 11) is 0. The van der Waals surface area contributed by atoms with Crippen molar-refractivity contribution < 1.29 is 0 Å². The number of hydrogen-bond donors (Lipinski definition) is 1. The molecule has 2 heterocycles. The van der Waals surface area contributed by atoms with Crippen molar-refractivity contribution >= 4 is 22.7 Å². The van der Waals surface area contributed by atoms with E-state index in [1.54, 1.807) is 11.3 Å². The highest BCUT2D eigenvalue weighted by molar-refractivity contribution is 7.11. The summed E-state index contributed by atoms with van der Waals surface area (Å²) in [4.78, 5) is 7.02. The van der Waals surface area contributed by atoms with Gasteiger partial charge in [0.05, 0.1) is 5.01 Å². The van der Waals surface area contributed by atoms with Crippen LogP contribution in [-0.2, 0) is 6.54 Å². The molecule has 2 aromatic heterocycles. The Morgan fingerprint density at radius 1 is 1.44 bits per heavy atom. The average molecular weight is 252 g/mol. The first kappa shape index (κ1) is 11.8. The van der Waals surface area contributed by atoms with Crippen LogP contribution >= 0.6 is 22.7 Å². The fraction of sp³-hybridized carbons (Fsp3) is 0.417. The van der Waals surface area contributed by atoms with E-state index in [-0.39, 0.29) is 0 Å². The van der Waals surface area contributed by atoms with Gasteiger partial charge < -0.3 is 5.32 Å². The molecule has 0 aliphatic carbocycles. The standard InChI is InChI=1S/C12H16N2S2/c1-8-4-5-15-11(8)6-13-9(2)12-7-14-10(3)16-12/h4-5,7,9,13H,6H2,1-3H3. The lowest BCUT2D eigenvalue weighted by molar-refractivity contribution is 0.585. The van der Waals surface area contributed by atoms with Crippen LogP contribution in [0.4, 0.5) is 0 Å². The van der Waals surface area contributed by atoms with Crippen LogP contribution in [0.15, 0.2) is 17.6 Å². The highest BCUT2D eigenvalue weighted by atomic mass is 32.1. The van der Waals surface area contributed by atoms with E-state index in [2.05, 4.69) is 35.6 Å². The van der Waals surface area contributed by atoms with Crippen LogP contribution in [0.1, 0.15) is 33.3 Å². The molecule has 1 atom stereocenters. The van der Waals surface area contributed by atoms with Gasteiger partial charge in [0.2, 0.25) is 0 Å². The molecule has 0 saturated heterocycles. The molecular weight excluding hydrogens is 236 g/mol. The second kappa shape index (κ2) is 5.08. The molecule has 2 nitrogen and oxygen atoms in total. The summed E-state index contributed by atoms with van der Waals surface area (Å²) in [5.41, 5.74) is 1.38. The lowest BCUT2D eigenvalue weighted by Gasteiger charge is -2.10. The summed E-state index contributed by atoms with van der Waals surface area (Å²) in [5.74, 6) is 0. The number of nitrogens with one attached hydrogen (secondary N) is 1. The van der Waals surface area contributed by atoms with Crippen molar-refractivity contribution in [1.29, 1.82) is 0 Å². The van der Waals surface area contributed by atoms with Gasteiger partial charge in [-0.3, -0.25) is 0 Å². The van der Waals surface area contributed by atoms with Gasteiger partial charge in [-0.1, -0.05) is 0 Å². The summed E-state index contributed by atoms with van der Waals surface area (Å²) in [5, 5.41) is 6.82. The second-order valence-corrected chi connectivity index (χ2v) is 6.18. The normalized spacial score (nSPS) is 12.9. The smallest absolute Gasteiger partial charge is 0.0897 e. The first-order valence-corrected chi connectivity index (χ1v) is 7.05. The summed E-state index contributed by atoms with van der Waals surface area (Å²) in [6.07, 6.45) is 1.97. The number of thiazole rings is 1. The molecule has 0 spiro atoms. The van der Waals surface area contributed by atoms with Crippen LogP contribution < -0.4 is 5.32 Å². The van der Waals surface area contributed by atoms with Crippen molar-refractivity contribution in [3.8, 4) is 0 Å². The Morgan fingerprint density at radius 3 is 2.81 bits per heavy atom. The minimum absolute atomic E-state index is 0.382. The quantitative estimate of drug-likeness (QED) is 0.898. The maximum atomic E-state index is 4.28. The fourth-order valence-corrected chi connectivity index (χ4v) is 3.18. The third-order valence-electron chi connectivity index (χ3n) is 2.60. The SMILES string of the molecule is Cc1ncc(C(C)NCc2sccc2C)s1. The number of nitrogens with zero attached hydrogens (tertiary/aromatic N) is 1. The number of thiophene rings is 1. The molecule has 16 heavy (non-hydrogen) atoms. The summed E-state index contributed by atoms with van der Waals surface area (Å²) in [6, 6.07) is 2.55. The van der Waals surface area contributed by atoms with Gasteiger partial charge in [0, 0.05) is 28.5 Å². The van der Waals surface area contributed by atoms with Crippen molar-refractivity contribution in [2.45, 2.75) is 33.4 Å². The Hall–Kier alpha value is -0.710. The number of aryl methyl sites for hydroxylation is 2. The first-order chi connectivity index (χ1) is 7.66. The van der Waals surface area contributed by atoms with Gasteiger partial charge in [-0.25, -0.2) is 4.98 Å². The molecule has 2 aromatic rings. The maximum absolute atomic E-state index is 4.28. The van der Waals surface area contributed by atoms with Crippen molar-refractivity contribution in [3.63, 3.8) is 0 Å². The molecule has 0 aliphatic heterocycles. The molecule has 0 aromatic carbocycles. The van der Waals surface area contributed by atoms with E-state index in [9.17, 15) is 0 Å². The van der Waals surface area contributed by atoms with E-state index in [4.69, 9.17) is 0 Å². The molecule has 4 heteroatoms. The van der Waals surface area contributed by atoms with Gasteiger partial charge in [-0.2, -0.15) is 0 Å². The van der Waals surface area contributed by atoms with Gasteiger partial charge in [-0.05, 0) is 37.8 Å². The number of aromatic nitrogens is 1. The largest absolute Gasteiger partial charge is 0.304 e. The number of rotatable bonds is 4. The zero-order valence-electron chi connectivity index (χ0n) is 9.78. The molecule has 0 saturated carbocycles. The predicted octanol–water partition coefficient (Wildman–Crippen LogP) is 3.67. The van der Waals surface area contributed by atoms with Gasteiger partial charge in [0.15, 0.2) is 0 Å². The van der Waals surface area contributed by atoms with E-state index in [0.29, 0.717) is 6.04 Å². The van der Waals surface area contributed by atoms with Crippen molar-refractivity contribution in [1.82, 2.24) is 10.3 Å². The van der Waals surface area contributed by atoms with Crippen LogP contribution in [0.3, 0.4) is 0 Å². The summed E-state index contributed by atoms with van der Waals surface area (Å²) >= 11 is 3.58. The number of hydrogen-bond acceptors (Lipinski definition) is 4. The maximum Gasteiger partial charge on any atom is 0.0897 e. The Balaban J connectivity index is 1.93. The van der Waals surface area contributed by atoms with E-state index in [0.717, 1.165) is 11.6 Å². The van der Waals surface area contributed by atoms with E-state index >= 15 is 0 Å². The molecule has 0 fully saturated rings. The minimum atomic E-state index is 0.382. The van der Waals surface area contributed by atoms with E-state index in [1.807, 2.05) is 24.5 Å². The zero-order valence-corrected chi connectivity index (χ0v) is 11.4. The van der Waals surface area contributed by atoms with Gasteiger partial charge in [0.25, 0.3) is 0 Å². The van der Waals surface area contributed by atoms with Crippen LogP contribution in [0, 0.1) is 13.8 Å². The highest BCUT2D eigenvalue weighted by Crippen LogP contribution is 2.21. The Bertz CT molecular complexity index is 459. The first-order valence-electron chi connectivity index (χ1n) is 5.35. The molecule has 0 bridgehead atoms. The zero-order chi connectivity index (χ0) is 11.5. The third kappa shape index (κ3) is 2.70. The topological polar surface area (TPSA) is 24.9 Å². The summed E-state index contributed by atoms with van der Waals surface area (Å²) < 4.78 is 0. The third-order valence-corrected chi connectivity index (χ3v) is 4.72. The van der Waals surface area contributed by atoms with Crippen molar-refractivity contribution in [2.24, 2.45) is 0 Å². The monoisotopic (exact) mass is 252 g/mol. The van der Waals surface area contributed by atoms with E-state index in [1.165, 1.54) is 15.3 Å². The highest BCUT2D eigenvalue weighted by Gasteiger charge is 2.08. The molecule has 0 aliphatic rings. The average Bonchev–Trinajstić information content (AvgIpc) is 2.84. The van der Waals surface area contributed by atoms with Crippen molar-refractivity contribution in [3.05, 3.63) is 38.0 Å². The summed E-state index contributed by atoms with van der Waals surface area (Å²) in [6.45, 7) is 7.34. The molecule has 1 unspecified atom stereocenters. The van der Waals surface area contributed by atoms with Crippen LogP contribution in [0.25, 0.3) is 0 Å².